The van der Waals surface area contributed by atoms with Gasteiger partial charge in [-0.05, 0) is 56.2 Å². The van der Waals surface area contributed by atoms with Crippen molar-refractivity contribution in [3.8, 4) is 11.5 Å². The lowest BCUT2D eigenvalue weighted by Gasteiger charge is -2.65. The Morgan fingerprint density at radius 2 is 2.18 bits per heavy atom. The van der Waals surface area contributed by atoms with E-state index >= 15 is 0 Å². The van der Waals surface area contributed by atoms with Gasteiger partial charge in [0.1, 0.15) is 0 Å². The predicted octanol–water partition coefficient (Wildman–Crippen LogP) is 1.67. The molecule has 6 heteroatoms. The van der Waals surface area contributed by atoms with Crippen LogP contribution in [0.1, 0.15) is 50.2 Å². The molecule has 1 spiro atoms. The van der Waals surface area contributed by atoms with Crippen molar-refractivity contribution >= 4 is 11.7 Å². The summed E-state index contributed by atoms with van der Waals surface area (Å²) >= 11 is 0. The highest BCUT2D eigenvalue weighted by molar-refractivity contribution is 5.91. The number of phenolic OH excluding ortho intramolecular Hbond substituents is 1. The second-order valence-corrected chi connectivity index (χ2v) is 9.44. The molecule has 2 N–H and O–H groups in total. The van der Waals surface area contributed by atoms with Gasteiger partial charge in [-0.15, -0.1) is 0 Å². The molecule has 1 aromatic carbocycles. The first kappa shape index (κ1) is 16.8. The van der Waals surface area contributed by atoms with Crippen LogP contribution in [0.15, 0.2) is 12.1 Å². The van der Waals surface area contributed by atoms with Crippen molar-refractivity contribution in [3.05, 3.63) is 23.3 Å². The number of Topliss-reactive ketones (excluding diaryl/α,β-unsaturated/α-hetero) is 1. The number of hydrogen-bond acceptors (Lipinski definition) is 5. The number of phenols is 1. The lowest BCUT2D eigenvalue weighted by atomic mass is 9.47. The molecule has 2 bridgehead atoms. The van der Waals surface area contributed by atoms with Crippen LogP contribution < -0.4 is 10.1 Å². The van der Waals surface area contributed by atoms with Crippen LogP contribution in [0, 0.1) is 5.92 Å². The maximum Gasteiger partial charge on any atom is 0.217 e. The number of nitrogens with zero attached hydrogens (tertiary/aromatic N) is 1. The molecular formula is C22H26N2O4. The fourth-order valence-electron chi connectivity index (χ4n) is 6.88. The van der Waals surface area contributed by atoms with E-state index in [0.29, 0.717) is 18.6 Å². The molecule has 2 aliphatic heterocycles. The van der Waals surface area contributed by atoms with Crippen LogP contribution in [0.3, 0.4) is 0 Å². The van der Waals surface area contributed by atoms with E-state index in [0.717, 1.165) is 43.0 Å². The minimum absolute atomic E-state index is 0.0530. The Morgan fingerprint density at radius 3 is 2.93 bits per heavy atom. The Hall–Kier alpha value is -2.08. The van der Waals surface area contributed by atoms with E-state index < -0.39 is 17.1 Å². The van der Waals surface area contributed by atoms with Crippen LogP contribution in [-0.2, 0) is 21.4 Å². The van der Waals surface area contributed by atoms with Crippen molar-refractivity contribution in [1.29, 1.82) is 0 Å². The normalized spacial score (nSPS) is 38.0. The summed E-state index contributed by atoms with van der Waals surface area (Å²) in [4.78, 5) is 28.0. The number of rotatable bonds is 3. The van der Waals surface area contributed by atoms with Crippen LogP contribution in [-0.4, -0.2) is 52.5 Å². The van der Waals surface area contributed by atoms with Crippen LogP contribution in [0.5, 0.6) is 11.5 Å². The second-order valence-electron chi connectivity index (χ2n) is 9.44. The standard InChI is InChI=1S/C22H26N2O4/c1-12(25)23-22-7-6-16(27)20-21(22)8-9-24(11-13-2-3-13)17(22)10-14-4-5-15(26)19(28-20)18(14)21/h4-5,13,17,20,26H,2-3,6-11H2,1H3,(H,23,25)/t17-,20+,21+,22-/m1/s1. The zero-order valence-electron chi connectivity index (χ0n) is 16.2. The Kier molecular flexibility index (Phi) is 3.18. The fraction of sp³-hybridized carbons (Fsp3) is 0.636. The molecule has 1 amide bonds. The number of aromatic hydroxyl groups is 1. The molecule has 5 aliphatic rings. The first-order chi connectivity index (χ1) is 13.5. The Morgan fingerprint density at radius 1 is 1.36 bits per heavy atom. The van der Waals surface area contributed by atoms with E-state index in [-0.39, 0.29) is 23.5 Å². The van der Waals surface area contributed by atoms with E-state index in [1.54, 1.807) is 13.0 Å². The summed E-state index contributed by atoms with van der Waals surface area (Å²) in [7, 11) is 0. The summed E-state index contributed by atoms with van der Waals surface area (Å²) in [6.07, 6.45) is 4.62. The highest BCUT2D eigenvalue weighted by atomic mass is 16.5. The average Bonchev–Trinajstić information content (AvgIpc) is 3.38. The zero-order chi connectivity index (χ0) is 19.3. The highest BCUT2D eigenvalue weighted by Gasteiger charge is 2.73. The molecule has 0 radical (unpaired) electrons. The molecule has 0 aromatic heterocycles. The average molecular weight is 382 g/mol. The molecule has 3 aliphatic carbocycles. The first-order valence-electron chi connectivity index (χ1n) is 10.5. The number of ketones is 1. The molecule has 3 fully saturated rings. The second kappa shape index (κ2) is 5.29. The van der Waals surface area contributed by atoms with Gasteiger partial charge in [0.15, 0.2) is 23.4 Å². The van der Waals surface area contributed by atoms with Gasteiger partial charge in [-0.3, -0.25) is 14.5 Å². The van der Waals surface area contributed by atoms with Gasteiger partial charge in [-0.1, -0.05) is 6.07 Å². The van der Waals surface area contributed by atoms with Gasteiger partial charge in [0.05, 0.1) is 11.0 Å². The SMILES string of the molecule is CC(=O)N[C@@]12CCC(=O)[C@@H]3Oc4c(O)ccc5c4[C@@]31CCN(CC1CC1)[C@@H]2C5. The van der Waals surface area contributed by atoms with Gasteiger partial charge in [0.2, 0.25) is 5.91 Å². The monoisotopic (exact) mass is 382 g/mol. The molecule has 148 valence electrons. The van der Waals surface area contributed by atoms with E-state index in [2.05, 4.69) is 10.2 Å². The number of piperidine rings is 1. The lowest BCUT2D eigenvalue weighted by molar-refractivity contribution is -0.149. The summed E-state index contributed by atoms with van der Waals surface area (Å²) in [6.45, 7) is 3.55. The zero-order valence-corrected chi connectivity index (χ0v) is 16.2. The van der Waals surface area contributed by atoms with E-state index in [1.165, 1.54) is 12.8 Å². The van der Waals surface area contributed by atoms with Gasteiger partial charge >= 0.3 is 0 Å². The molecule has 6 nitrogen and oxygen atoms in total. The molecule has 1 aromatic rings. The van der Waals surface area contributed by atoms with E-state index in [9.17, 15) is 14.7 Å². The van der Waals surface area contributed by atoms with Gasteiger partial charge in [-0.2, -0.15) is 0 Å². The number of ether oxygens (including phenoxy) is 1. The van der Waals surface area contributed by atoms with Crippen LogP contribution >= 0.6 is 0 Å². The molecule has 6 rings (SSSR count). The molecule has 4 atom stereocenters. The number of amides is 1. The maximum atomic E-state index is 13.0. The molecule has 0 unspecified atom stereocenters. The lowest BCUT2D eigenvalue weighted by Crippen LogP contribution is -2.81. The molecule has 28 heavy (non-hydrogen) atoms. The number of benzene rings is 1. The summed E-state index contributed by atoms with van der Waals surface area (Å²) in [5.74, 6) is 1.38. The largest absolute Gasteiger partial charge is 0.504 e. The summed E-state index contributed by atoms with van der Waals surface area (Å²) in [5, 5.41) is 13.9. The van der Waals surface area contributed by atoms with Crippen molar-refractivity contribution in [2.24, 2.45) is 5.92 Å². The highest BCUT2D eigenvalue weighted by Crippen LogP contribution is 2.64. The Balaban J connectivity index is 1.60. The van der Waals surface area contributed by atoms with Crippen molar-refractivity contribution in [1.82, 2.24) is 10.2 Å². The minimum atomic E-state index is -0.610. The van der Waals surface area contributed by atoms with Crippen molar-refractivity contribution in [2.45, 2.75) is 68.5 Å². The van der Waals surface area contributed by atoms with Gasteiger partial charge < -0.3 is 15.2 Å². The quantitative estimate of drug-likeness (QED) is 0.831. The smallest absolute Gasteiger partial charge is 0.217 e. The molecule has 2 saturated carbocycles. The fourth-order valence-corrected chi connectivity index (χ4v) is 6.88. The first-order valence-corrected chi connectivity index (χ1v) is 10.5. The topological polar surface area (TPSA) is 78.9 Å². The van der Waals surface area contributed by atoms with Crippen LogP contribution in [0.2, 0.25) is 0 Å². The van der Waals surface area contributed by atoms with Crippen LogP contribution in [0.4, 0.5) is 0 Å². The number of carbonyl (C=O) groups is 2. The van der Waals surface area contributed by atoms with Gasteiger partial charge in [0, 0.05) is 31.5 Å². The van der Waals surface area contributed by atoms with E-state index in [1.807, 2.05) is 6.07 Å². The summed E-state index contributed by atoms with van der Waals surface area (Å²) in [6, 6.07) is 3.85. The van der Waals surface area contributed by atoms with Crippen molar-refractivity contribution < 1.29 is 19.4 Å². The van der Waals surface area contributed by atoms with Crippen molar-refractivity contribution in [3.63, 3.8) is 0 Å². The molecule has 2 heterocycles. The van der Waals surface area contributed by atoms with E-state index in [4.69, 9.17) is 4.74 Å². The third kappa shape index (κ3) is 1.87. The van der Waals surface area contributed by atoms with Gasteiger partial charge in [-0.25, -0.2) is 0 Å². The summed E-state index contributed by atoms with van der Waals surface area (Å²) in [5.41, 5.74) is 1.06. The number of likely N-dealkylation sites (tertiary alicyclic amines) is 1. The molecule has 1 saturated heterocycles. The van der Waals surface area contributed by atoms with Crippen molar-refractivity contribution in [2.75, 3.05) is 13.1 Å². The number of hydrogen-bond donors (Lipinski definition) is 2. The Bertz CT molecular complexity index is 910. The number of carbonyl (C=O) groups excluding carboxylic acids is 2. The van der Waals surface area contributed by atoms with Crippen LogP contribution in [0.25, 0.3) is 0 Å². The molecular weight excluding hydrogens is 356 g/mol. The number of nitrogens with one attached hydrogen (secondary N) is 1. The summed E-state index contributed by atoms with van der Waals surface area (Å²) < 4.78 is 6.19. The predicted molar refractivity (Wildman–Crippen MR) is 101 cm³/mol. The van der Waals surface area contributed by atoms with Gasteiger partial charge in [0.25, 0.3) is 0 Å². The minimum Gasteiger partial charge on any atom is -0.504 e. The third-order valence-corrected chi connectivity index (χ3v) is 8.01. The third-order valence-electron chi connectivity index (χ3n) is 8.01. The maximum absolute atomic E-state index is 13.0. The Labute approximate surface area is 164 Å².